The lowest BCUT2D eigenvalue weighted by atomic mass is 9.92. The maximum absolute atomic E-state index is 11.3. The number of carbonyl (C=O) groups is 1. The highest BCUT2D eigenvalue weighted by Crippen LogP contribution is 2.31. The van der Waals surface area contributed by atoms with Gasteiger partial charge in [0.25, 0.3) is 0 Å². The minimum atomic E-state index is -0.349. The molecule has 0 aliphatic carbocycles. The molecule has 0 bridgehead atoms. The number of nitrogens with zero attached hydrogens (tertiary/aromatic N) is 4. The molecule has 206 valence electrons. The number of hydrogen-bond donors (Lipinski definition) is 2. The van der Waals surface area contributed by atoms with E-state index >= 15 is 0 Å². The van der Waals surface area contributed by atoms with Gasteiger partial charge in [0.1, 0.15) is 0 Å². The summed E-state index contributed by atoms with van der Waals surface area (Å²) < 4.78 is 6.95. The number of nitrogens with one attached hydrogen (secondary N) is 1. The summed E-state index contributed by atoms with van der Waals surface area (Å²) in [5.74, 6) is 0. The van der Waals surface area contributed by atoms with Gasteiger partial charge in [-0.15, -0.1) is 0 Å². The summed E-state index contributed by atoms with van der Waals surface area (Å²) in [4.78, 5) is 21.5. The number of ether oxygens (including phenoxy) is 1. The third-order valence-corrected chi connectivity index (χ3v) is 6.01. The first-order chi connectivity index (χ1) is 18.3. The molecule has 1 aromatic carbocycles. The van der Waals surface area contributed by atoms with Crippen molar-refractivity contribution in [1.29, 1.82) is 0 Å². The number of aromatic nitrogens is 3. The second kappa shape index (κ2) is 15.9. The Labute approximate surface area is 231 Å². The van der Waals surface area contributed by atoms with Crippen LogP contribution in [-0.4, -0.2) is 57.8 Å². The number of pyridine rings is 1. The predicted octanol–water partition coefficient (Wildman–Crippen LogP) is 5.24. The molecule has 0 radical (unpaired) electrons. The van der Waals surface area contributed by atoms with Crippen molar-refractivity contribution in [3.05, 3.63) is 89.2 Å². The molecule has 38 heavy (non-hydrogen) atoms. The van der Waals surface area contributed by atoms with Crippen LogP contribution in [0.4, 0.5) is 4.79 Å². The number of carbonyl (C=O) groups excluding carboxylic acids is 1. The standard InChI is InChI=1S/C19H19ClN4.C8H16N2O2.C2H6/c1-13(19(21)18-11-22-12-24(18)2)17-10-15(20)7-6-14(17)9-16-5-3-4-8-23-16;1-7(2)12-8(11)10-5-3-9-4-6-10;1-2/h3-8,10-12,19H,1,9,21H2,2H3;7,9H,3-6H2,1-2H3;1-2H3/t19-;;/m1../s1. The van der Waals surface area contributed by atoms with Crippen molar-refractivity contribution in [2.24, 2.45) is 12.8 Å². The molecule has 0 saturated carbocycles. The number of imidazole rings is 1. The lowest BCUT2D eigenvalue weighted by Gasteiger charge is -2.27. The van der Waals surface area contributed by atoms with Gasteiger partial charge in [0.15, 0.2) is 0 Å². The largest absolute Gasteiger partial charge is 0.447 e. The van der Waals surface area contributed by atoms with E-state index in [9.17, 15) is 4.79 Å². The Morgan fingerprint density at radius 2 is 1.92 bits per heavy atom. The van der Waals surface area contributed by atoms with Crippen LogP contribution in [0.5, 0.6) is 0 Å². The minimum absolute atomic E-state index is 0.0209. The van der Waals surface area contributed by atoms with Crippen molar-refractivity contribution in [2.75, 3.05) is 26.2 Å². The molecule has 1 atom stereocenters. The van der Waals surface area contributed by atoms with Gasteiger partial charge < -0.3 is 25.3 Å². The molecular weight excluding hydrogens is 500 g/mol. The molecule has 1 saturated heterocycles. The quantitative estimate of drug-likeness (QED) is 0.444. The Kier molecular flexibility index (Phi) is 13.0. The number of hydrogen-bond acceptors (Lipinski definition) is 6. The molecule has 4 rings (SSSR count). The maximum Gasteiger partial charge on any atom is 0.410 e. The van der Waals surface area contributed by atoms with Gasteiger partial charge in [-0.25, -0.2) is 9.78 Å². The zero-order valence-electron chi connectivity index (χ0n) is 23.2. The summed E-state index contributed by atoms with van der Waals surface area (Å²) in [5.41, 5.74) is 11.2. The molecule has 1 aliphatic rings. The number of rotatable bonds is 6. The maximum atomic E-state index is 11.3. The van der Waals surface area contributed by atoms with E-state index in [4.69, 9.17) is 22.1 Å². The van der Waals surface area contributed by atoms with E-state index in [1.54, 1.807) is 23.6 Å². The molecular formula is C29H41ClN6O2. The minimum Gasteiger partial charge on any atom is -0.447 e. The molecule has 1 aliphatic heterocycles. The number of nitrogens with two attached hydrogens (primary N) is 1. The first-order valence-corrected chi connectivity index (χ1v) is 13.4. The van der Waals surface area contributed by atoms with Crippen molar-refractivity contribution in [1.82, 2.24) is 24.8 Å². The van der Waals surface area contributed by atoms with Crippen LogP contribution >= 0.6 is 11.6 Å². The van der Waals surface area contributed by atoms with Crippen LogP contribution in [0.3, 0.4) is 0 Å². The first kappa shape index (κ1) is 31.0. The molecule has 8 nitrogen and oxygen atoms in total. The number of halogens is 1. The highest BCUT2D eigenvalue weighted by Gasteiger charge is 2.19. The van der Waals surface area contributed by atoms with E-state index in [0.29, 0.717) is 11.4 Å². The van der Waals surface area contributed by atoms with E-state index in [1.807, 2.05) is 75.7 Å². The Bertz CT molecular complexity index is 1140. The molecule has 3 aromatic rings. The van der Waals surface area contributed by atoms with Gasteiger partial charge in [-0.3, -0.25) is 4.98 Å². The van der Waals surface area contributed by atoms with E-state index < -0.39 is 0 Å². The van der Waals surface area contributed by atoms with Gasteiger partial charge in [0.2, 0.25) is 0 Å². The average molecular weight is 541 g/mol. The summed E-state index contributed by atoms with van der Waals surface area (Å²) in [7, 11) is 1.92. The molecule has 3 heterocycles. The Morgan fingerprint density at radius 1 is 1.21 bits per heavy atom. The SMILES string of the molecule is C=C(c1cc(Cl)ccc1Cc1ccccn1)[C@@H](N)c1cncn1C.CC.CC(C)OC(=O)N1CCNCC1. The zero-order chi connectivity index (χ0) is 28.1. The lowest BCUT2D eigenvalue weighted by molar-refractivity contribution is 0.0732. The molecule has 0 spiro atoms. The van der Waals surface area contributed by atoms with Gasteiger partial charge in [-0.2, -0.15) is 0 Å². The molecule has 2 aromatic heterocycles. The number of benzene rings is 1. The van der Waals surface area contributed by atoms with Crippen LogP contribution in [-0.2, 0) is 18.2 Å². The lowest BCUT2D eigenvalue weighted by Crippen LogP contribution is -2.47. The average Bonchev–Trinajstić information content (AvgIpc) is 3.37. The molecule has 1 fully saturated rings. The van der Waals surface area contributed by atoms with Gasteiger partial charge in [-0.05, 0) is 54.8 Å². The van der Waals surface area contributed by atoms with Crippen molar-refractivity contribution in [3.8, 4) is 0 Å². The van der Waals surface area contributed by atoms with Crippen LogP contribution in [0.15, 0.2) is 61.7 Å². The monoisotopic (exact) mass is 540 g/mol. The Hall–Kier alpha value is -3.20. The Balaban J connectivity index is 0.000000305. The first-order valence-electron chi connectivity index (χ1n) is 13.0. The summed E-state index contributed by atoms with van der Waals surface area (Å²) in [5, 5.41) is 3.83. The topological polar surface area (TPSA) is 98.3 Å². The van der Waals surface area contributed by atoms with E-state index in [-0.39, 0.29) is 18.2 Å². The van der Waals surface area contributed by atoms with Gasteiger partial charge in [-0.1, -0.05) is 44.2 Å². The van der Waals surface area contributed by atoms with Gasteiger partial charge >= 0.3 is 6.09 Å². The highest BCUT2D eigenvalue weighted by molar-refractivity contribution is 6.30. The fraction of sp³-hybridized carbons (Fsp3) is 0.414. The fourth-order valence-electron chi connectivity index (χ4n) is 3.84. The van der Waals surface area contributed by atoms with E-state index in [1.165, 1.54) is 0 Å². The van der Waals surface area contributed by atoms with Crippen molar-refractivity contribution < 1.29 is 9.53 Å². The highest BCUT2D eigenvalue weighted by atomic mass is 35.5. The third-order valence-electron chi connectivity index (χ3n) is 5.78. The zero-order valence-corrected chi connectivity index (χ0v) is 23.9. The summed E-state index contributed by atoms with van der Waals surface area (Å²) in [6.07, 6.45) is 5.78. The van der Waals surface area contributed by atoms with Crippen molar-refractivity contribution in [2.45, 2.75) is 46.3 Å². The van der Waals surface area contributed by atoms with Crippen molar-refractivity contribution >= 4 is 23.3 Å². The normalized spacial score (nSPS) is 13.5. The predicted molar refractivity (Wildman–Crippen MR) is 155 cm³/mol. The fourth-order valence-corrected chi connectivity index (χ4v) is 4.01. The van der Waals surface area contributed by atoms with Crippen LogP contribution in [0, 0.1) is 0 Å². The molecule has 0 unspecified atom stereocenters. The summed E-state index contributed by atoms with van der Waals surface area (Å²) in [6, 6.07) is 11.3. The van der Waals surface area contributed by atoms with Crippen molar-refractivity contribution in [3.63, 3.8) is 0 Å². The van der Waals surface area contributed by atoms with Crippen LogP contribution in [0.2, 0.25) is 5.02 Å². The van der Waals surface area contributed by atoms with E-state index in [2.05, 4.69) is 21.9 Å². The molecule has 9 heteroatoms. The molecule has 3 N–H and O–H groups in total. The van der Waals surface area contributed by atoms with Crippen LogP contribution < -0.4 is 11.1 Å². The smallest absolute Gasteiger partial charge is 0.410 e. The van der Waals surface area contributed by atoms with Crippen LogP contribution in [0.1, 0.15) is 56.3 Å². The van der Waals surface area contributed by atoms with Gasteiger partial charge in [0.05, 0.1) is 30.4 Å². The van der Waals surface area contributed by atoms with Crippen LogP contribution in [0.25, 0.3) is 5.57 Å². The molecule has 1 amide bonds. The summed E-state index contributed by atoms with van der Waals surface area (Å²) >= 11 is 6.21. The van der Waals surface area contributed by atoms with E-state index in [0.717, 1.165) is 54.3 Å². The number of piperazine rings is 1. The number of aryl methyl sites for hydroxylation is 1. The summed E-state index contributed by atoms with van der Waals surface area (Å²) in [6.45, 7) is 15.2. The Morgan fingerprint density at radius 3 is 2.50 bits per heavy atom. The van der Waals surface area contributed by atoms with Gasteiger partial charge in [0, 0.05) is 56.6 Å². The third kappa shape index (κ3) is 9.28. The second-order valence-corrected chi connectivity index (χ2v) is 9.34. The number of amides is 1. The second-order valence-electron chi connectivity index (χ2n) is 8.90.